The molecule has 1 heterocycles. The number of hydrogen-bond acceptors (Lipinski definition) is 3. The maximum Gasteiger partial charge on any atom is 0.255 e. The number of fused-ring (bicyclic) bond motifs is 1. The van der Waals surface area contributed by atoms with Crippen LogP contribution in [-0.4, -0.2) is 5.91 Å². The first-order valence-electron chi connectivity index (χ1n) is 9.96. The van der Waals surface area contributed by atoms with Gasteiger partial charge in [-0.15, -0.1) is 0 Å². The molecule has 0 aliphatic rings. The van der Waals surface area contributed by atoms with E-state index in [4.69, 9.17) is 4.42 Å². The van der Waals surface area contributed by atoms with Crippen molar-refractivity contribution in [3.05, 3.63) is 98.6 Å². The van der Waals surface area contributed by atoms with Gasteiger partial charge in [-0.05, 0) is 47.4 Å². The first-order valence-corrected chi connectivity index (χ1v) is 10.8. The molecule has 31 heavy (non-hydrogen) atoms. The van der Waals surface area contributed by atoms with Gasteiger partial charge in [0.15, 0.2) is 5.43 Å². The standard InChI is InChI=1S/C26H22BrNO3/c1-26(2,3)18-8-4-16(5-9-18)23-15-22(29)21-13-12-20(14-24(21)31-23)28-25(30)17-6-10-19(27)11-7-17/h4-15H,1-3H3,(H,28,30). The summed E-state index contributed by atoms with van der Waals surface area (Å²) in [5.74, 6) is 0.262. The normalized spacial score (nSPS) is 11.5. The van der Waals surface area contributed by atoms with Crippen molar-refractivity contribution < 1.29 is 9.21 Å². The molecule has 0 aliphatic heterocycles. The van der Waals surface area contributed by atoms with Crippen LogP contribution in [0.1, 0.15) is 36.7 Å². The van der Waals surface area contributed by atoms with E-state index in [1.165, 1.54) is 11.6 Å². The van der Waals surface area contributed by atoms with E-state index < -0.39 is 0 Å². The van der Waals surface area contributed by atoms with Crippen LogP contribution in [0.15, 0.2) is 86.5 Å². The van der Waals surface area contributed by atoms with Crippen LogP contribution < -0.4 is 10.7 Å². The predicted octanol–water partition coefficient (Wildman–Crippen LogP) is 6.77. The smallest absolute Gasteiger partial charge is 0.255 e. The maximum absolute atomic E-state index is 12.6. The summed E-state index contributed by atoms with van der Waals surface area (Å²) in [6, 6.07) is 21.7. The number of amides is 1. The number of carbonyl (C=O) groups excluding carboxylic acids is 1. The highest BCUT2D eigenvalue weighted by atomic mass is 79.9. The van der Waals surface area contributed by atoms with Gasteiger partial charge in [0, 0.05) is 33.4 Å². The number of halogens is 1. The molecule has 0 radical (unpaired) electrons. The summed E-state index contributed by atoms with van der Waals surface area (Å²) < 4.78 is 6.94. The van der Waals surface area contributed by atoms with Crippen molar-refractivity contribution in [2.45, 2.75) is 26.2 Å². The number of benzene rings is 3. The zero-order valence-electron chi connectivity index (χ0n) is 17.5. The summed E-state index contributed by atoms with van der Waals surface area (Å²) in [6.07, 6.45) is 0. The Hall–Kier alpha value is -3.18. The van der Waals surface area contributed by atoms with Crippen LogP contribution in [0, 0.1) is 0 Å². The third kappa shape index (κ3) is 4.62. The van der Waals surface area contributed by atoms with Gasteiger partial charge < -0.3 is 9.73 Å². The monoisotopic (exact) mass is 475 g/mol. The van der Waals surface area contributed by atoms with Gasteiger partial charge >= 0.3 is 0 Å². The Labute approximate surface area is 189 Å². The van der Waals surface area contributed by atoms with Crippen molar-refractivity contribution in [1.82, 2.24) is 0 Å². The summed E-state index contributed by atoms with van der Waals surface area (Å²) in [4.78, 5) is 25.1. The van der Waals surface area contributed by atoms with Crippen molar-refractivity contribution >= 4 is 38.5 Å². The zero-order chi connectivity index (χ0) is 22.2. The van der Waals surface area contributed by atoms with Crippen LogP contribution in [-0.2, 0) is 5.41 Å². The minimum atomic E-state index is -0.233. The Kier molecular flexibility index (Phi) is 5.54. The zero-order valence-corrected chi connectivity index (χ0v) is 19.1. The third-order valence-corrected chi connectivity index (χ3v) is 5.66. The van der Waals surface area contributed by atoms with E-state index in [2.05, 4.69) is 42.0 Å². The molecule has 4 nitrogen and oxygen atoms in total. The highest BCUT2D eigenvalue weighted by Gasteiger charge is 2.14. The van der Waals surface area contributed by atoms with Crippen molar-refractivity contribution in [2.24, 2.45) is 0 Å². The highest BCUT2D eigenvalue weighted by Crippen LogP contribution is 2.28. The maximum atomic E-state index is 12.6. The Balaban J connectivity index is 1.67. The van der Waals surface area contributed by atoms with E-state index >= 15 is 0 Å². The van der Waals surface area contributed by atoms with E-state index in [0.29, 0.717) is 28.0 Å². The SMILES string of the molecule is CC(C)(C)c1ccc(-c2cc(=O)c3ccc(NC(=O)c4ccc(Br)cc4)cc3o2)cc1. The second-order valence-corrected chi connectivity index (χ2v) is 9.39. The molecule has 5 heteroatoms. The van der Waals surface area contributed by atoms with Gasteiger partial charge in [0.25, 0.3) is 5.91 Å². The Morgan fingerprint density at radius 2 is 1.58 bits per heavy atom. The molecule has 4 rings (SSSR count). The number of hydrogen-bond donors (Lipinski definition) is 1. The Bertz CT molecular complexity index is 1310. The molecule has 0 aliphatic carbocycles. The van der Waals surface area contributed by atoms with Crippen molar-refractivity contribution in [3.8, 4) is 11.3 Å². The molecule has 0 unspecified atom stereocenters. The highest BCUT2D eigenvalue weighted by molar-refractivity contribution is 9.10. The van der Waals surface area contributed by atoms with Crippen LogP contribution in [0.5, 0.6) is 0 Å². The molecular weight excluding hydrogens is 454 g/mol. The molecule has 0 bridgehead atoms. The number of carbonyl (C=O) groups is 1. The molecule has 0 fully saturated rings. The summed E-state index contributed by atoms with van der Waals surface area (Å²) in [5, 5.41) is 3.33. The molecule has 0 saturated carbocycles. The molecule has 156 valence electrons. The van der Waals surface area contributed by atoms with E-state index in [-0.39, 0.29) is 16.8 Å². The lowest BCUT2D eigenvalue weighted by molar-refractivity contribution is 0.102. The number of rotatable bonds is 3. The minimum absolute atomic E-state index is 0.0463. The largest absolute Gasteiger partial charge is 0.456 e. The van der Waals surface area contributed by atoms with Gasteiger partial charge in [-0.1, -0.05) is 61.0 Å². The molecule has 0 saturated heterocycles. The van der Waals surface area contributed by atoms with Gasteiger partial charge in [0.1, 0.15) is 11.3 Å². The van der Waals surface area contributed by atoms with Crippen LogP contribution in [0.4, 0.5) is 5.69 Å². The predicted molar refractivity (Wildman–Crippen MR) is 129 cm³/mol. The van der Waals surface area contributed by atoms with Crippen molar-refractivity contribution in [2.75, 3.05) is 5.32 Å². The molecule has 3 aromatic carbocycles. The fourth-order valence-electron chi connectivity index (χ4n) is 3.31. The van der Waals surface area contributed by atoms with Crippen molar-refractivity contribution in [3.63, 3.8) is 0 Å². The van der Waals surface area contributed by atoms with E-state index in [1.54, 1.807) is 30.3 Å². The summed E-state index contributed by atoms with van der Waals surface area (Å²) in [7, 11) is 0. The van der Waals surface area contributed by atoms with Crippen molar-refractivity contribution in [1.29, 1.82) is 0 Å². The van der Waals surface area contributed by atoms with E-state index in [0.717, 1.165) is 10.0 Å². The first kappa shape index (κ1) is 21.1. The fraction of sp³-hybridized carbons (Fsp3) is 0.154. The summed E-state index contributed by atoms with van der Waals surface area (Å²) in [5.41, 5.74) is 3.48. The lowest BCUT2D eigenvalue weighted by atomic mass is 9.86. The lowest BCUT2D eigenvalue weighted by Gasteiger charge is -2.19. The molecule has 4 aromatic rings. The Morgan fingerprint density at radius 3 is 2.23 bits per heavy atom. The van der Waals surface area contributed by atoms with Crippen LogP contribution >= 0.6 is 15.9 Å². The average molecular weight is 476 g/mol. The fourth-order valence-corrected chi connectivity index (χ4v) is 3.58. The van der Waals surface area contributed by atoms with Crippen LogP contribution in [0.2, 0.25) is 0 Å². The van der Waals surface area contributed by atoms with Gasteiger partial charge in [-0.25, -0.2) is 0 Å². The average Bonchev–Trinajstić information content (AvgIpc) is 2.73. The lowest BCUT2D eigenvalue weighted by Crippen LogP contribution is -2.12. The third-order valence-electron chi connectivity index (χ3n) is 5.13. The number of nitrogens with one attached hydrogen (secondary N) is 1. The van der Waals surface area contributed by atoms with E-state index in [9.17, 15) is 9.59 Å². The molecule has 1 amide bonds. The minimum Gasteiger partial charge on any atom is -0.456 e. The Morgan fingerprint density at radius 1 is 0.903 bits per heavy atom. The quantitative estimate of drug-likeness (QED) is 0.355. The second-order valence-electron chi connectivity index (χ2n) is 8.47. The second kappa shape index (κ2) is 8.16. The van der Waals surface area contributed by atoms with Gasteiger partial charge in [-0.2, -0.15) is 0 Å². The van der Waals surface area contributed by atoms with Crippen LogP contribution in [0.25, 0.3) is 22.3 Å². The molecule has 1 aromatic heterocycles. The van der Waals surface area contributed by atoms with Crippen LogP contribution in [0.3, 0.4) is 0 Å². The summed E-state index contributed by atoms with van der Waals surface area (Å²) in [6.45, 7) is 6.47. The van der Waals surface area contributed by atoms with Gasteiger partial charge in [-0.3, -0.25) is 9.59 Å². The van der Waals surface area contributed by atoms with Gasteiger partial charge in [0.2, 0.25) is 0 Å². The van der Waals surface area contributed by atoms with Gasteiger partial charge in [0.05, 0.1) is 5.39 Å². The topological polar surface area (TPSA) is 59.3 Å². The number of anilines is 1. The first-order chi connectivity index (χ1) is 14.7. The van der Waals surface area contributed by atoms with E-state index in [1.807, 2.05) is 36.4 Å². The molecule has 1 N–H and O–H groups in total. The summed E-state index contributed by atoms with van der Waals surface area (Å²) >= 11 is 3.36. The molecule has 0 spiro atoms. The molecular formula is C26H22BrNO3. The molecule has 0 atom stereocenters.